The van der Waals surface area contributed by atoms with Gasteiger partial charge in [-0.2, -0.15) is 4.98 Å². The first kappa shape index (κ1) is 22.5. The summed E-state index contributed by atoms with van der Waals surface area (Å²) in [4.78, 5) is 27.5. The molecule has 1 amide bonds. The fraction of sp³-hybridized carbons (Fsp3) is 0.462. The maximum atomic E-state index is 11.6. The normalized spacial score (nSPS) is 19.0. The molecule has 0 saturated carbocycles. The Morgan fingerprint density at radius 1 is 1.09 bits per heavy atom. The lowest BCUT2D eigenvalue weighted by molar-refractivity contribution is -0.129. The summed E-state index contributed by atoms with van der Waals surface area (Å²) in [6.45, 7) is 6.70. The third kappa shape index (κ3) is 5.12. The van der Waals surface area contributed by atoms with Crippen molar-refractivity contribution in [2.75, 3.05) is 44.2 Å². The molecule has 0 spiro atoms. The van der Waals surface area contributed by atoms with E-state index in [0.29, 0.717) is 11.7 Å². The number of hydrogen-bond acceptors (Lipinski definition) is 7. The largest absolute Gasteiger partial charge is 0.353 e. The Morgan fingerprint density at radius 2 is 1.91 bits per heavy atom. The van der Waals surface area contributed by atoms with Crippen LogP contribution in [0.4, 0.5) is 5.82 Å². The third-order valence-corrected chi connectivity index (χ3v) is 6.90. The summed E-state index contributed by atoms with van der Waals surface area (Å²) >= 11 is 0. The fourth-order valence-electron chi connectivity index (χ4n) is 4.97. The molecule has 3 aromatic rings. The maximum absolute atomic E-state index is 11.6. The van der Waals surface area contributed by atoms with E-state index in [1.165, 1.54) is 5.56 Å². The molecule has 2 fully saturated rings. The molecular formula is C26H32N6O2. The van der Waals surface area contributed by atoms with Crippen molar-refractivity contribution in [3.05, 3.63) is 60.1 Å². The summed E-state index contributed by atoms with van der Waals surface area (Å²) in [5, 5.41) is 4.30. The van der Waals surface area contributed by atoms with Crippen LogP contribution in [0.3, 0.4) is 0 Å². The van der Waals surface area contributed by atoms with Gasteiger partial charge in [-0.05, 0) is 56.5 Å². The van der Waals surface area contributed by atoms with Crippen LogP contribution in [0.15, 0.2) is 53.2 Å². The molecule has 4 heterocycles. The predicted molar refractivity (Wildman–Crippen MR) is 130 cm³/mol. The van der Waals surface area contributed by atoms with Crippen LogP contribution in [0.1, 0.15) is 43.7 Å². The number of benzene rings is 1. The van der Waals surface area contributed by atoms with Crippen LogP contribution < -0.4 is 4.90 Å². The summed E-state index contributed by atoms with van der Waals surface area (Å²) in [5.41, 5.74) is 2.29. The molecule has 0 bridgehead atoms. The number of hydrogen-bond donors (Lipinski definition) is 0. The molecule has 2 aliphatic heterocycles. The molecular weight excluding hydrogens is 428 g/mol. The summed E-state index contributed by atoms with van der Waals surface area (Å²) in [6, 6.07) is 14.8. The average molecular weight is 461 g/mol. The SMILES string of the molecule is CC(=O)N1CCN(c2cc(-c3noc([C@@H]4CCCN4CCCc4ccccc4)n3)ccn2)CC1. The first-order valence-corrected chi connectivity index (χ1v) is 12.3. The summed E-state index contributed by atoms with van der Waals surface area (Å²) in [6.07, 6.45) is 6.20. The molecule has 0 N–H and O–H groups in total. The van der Waals surface area contributed by atoms with Gasteiger partial charge in [0, 0.05) is 44.9 Å². The van der Waals surface area contributed by atoms with Crippen LogP contribution in [-0.4, -0.2) is 70.1 Å². The number of piperazine rings is 1. The lowest BCUT2D eigenvalue weighted by Crippen LogP contribution is -2.48. The van der Waals surface area contributed by atoms with Crippen LogP contribution in [0.25, 0.3) is 11.4 Å². The van der Waals surface area contributed by atoms with Crippen molar-refractivity contribution in [1.82, 2.24) is 24.9 Å². The van der Waals surface area contributed by atoms with Gasteiger partial charge in [-0.3, -0.25) is 9.69 Å². The van der Waals surface area contributed by atoms with Gasteiger partial charge >= 0.3 is 0 Å². The molecule has 2 aliphatic rings. The first-order valence-electron chi connectivity index (χ1n) is 12.3. The molecule has 0 radical (unpaired) electrons. The van der Waals surface area contributed by atoms with E-state index in [0.717, 1.165) is 76.3 Å². The Kier molecular flexibility index (Phi) is 6.85. The number of pyridine rings is 1. The van der Waals surface area contributed by atoms with Crippen molar-refractivity contribution in [3.8, 4) is 11.4 Å². The highest BCUT2D eigenvalue weighted by Gasteiger charge is 2.30. The number of carbonyl (C=O) groups excluding carboxylic acids is 1. The van der Waals surface area contributed by atoms with Gasteiger partial charge in [-0.1, -0.05) is 35.5 Å². The number of likely N-dealkylation sites (tertiary alicyclic amines) is 1. The van der Waals surface area contributed by atoms with Crippen molar-refractivity contribution in [2.45, 2.75) is 38.6 Å². The van der Waals surface area contributed by atoms with Crippen LogP contribution >= 0.6 is 0 Å². The Balaban J connectivity index is 1.22. The average Bonchev–Trinajstić information content (AvgIpc) is 3.55. The highest BCUT2D eigenvalue weighted by atomic mass is 16.5. The second-order valence-corrected chi connectivity index (χ2v) is 9.14. The minimum absolute atomic E-state index is 0.127. The van der Waals surface area contributed by atoms with E-state index in [-0.39, 0.29) is 11.9 Å². The van der Waals surface area contributed by atoms with Gasteiger partial charge in [0.15, 0.2) is 0 Å². The number of aryl methyl sites for hydroxylation is 1. The lowest BCUT2D eigenvalue weighted by atomic mass is 10.1. The molecule has 178 valence electrons. The molecule has 2 aromatic heterocycles. The summed E-state index contributed by atoms with van der Waals surface area (Å²) in [5.74, 6) is 2.33. The van der Waals surface area contributed by atoms with Crippen LogP contribution in [0.5, 0.6) is 0 Å². The van der Waals surface area contributed by atoms with Gasteiger partial charge in [-0.15, -0.1) is 0 Å². The van der Waals surface area contributed by atoms with Crippen LogP contribution in [-0.2, 0) is 11.2 Å². The molecule has 1 aromatic carbocycles. The third-order valence-electron chi connectivity index (χ3n) is 6.90. The number of amides is 1. The van der Waals surface area contributed by atoms with E-state index in [1.807, 2.05) is 17.0 Å². The topological polar surface area (TPSA) is 78.6 Å². The fourth-order valence-corrected chi connectivity index (χ4v) is 4.97. The summed E-state index contributed by atoms with van der Waals surface area (Å²) in [7, 11) is 0. The zero-order valence-electron chi connectivity index (χ0n) is 19.8. The van der Waals surface area contributed by atoms with Gasteiger partial charge in [-0.25, -0.2) is 4.98 Å². The molecule has 1 atom stereocenters. The van der Waals surface area contributed by atoms with E-state index >= 15 is 0 Å². The highest BCUT2D eigenvalue weighted by Crippen LogP contribution is 2.32. The smallest absolute Gasteiger partial charge is 0.244 e. The van der Waals surface area contributed by atoms with Gasteiger partial charge in [0.25, 0.3) is 0 Å². The number of rotatable bonds is 7. The number of carbonyl (C=O) groups is 1. The molecule has 8 heteroatoms. The zero-order chi connectivity index (χ0) is 23.3. The predicted octanol–water partition coefficient (Wildman–Crippen LogP) is 3.57. The Bertz CT molecular complexity index is 1090. The molecule has 5 rings (SSSR count). The Morgan fingerprint density at radius 3 is 2.71 bits per heavy atom. The van der Waals surface area contributed by atoms with Crippen molar-refractivity contribution in [2.24, 2.45) is 0 Å². The lowest BCUT2D eigenvalue weighted by Gasteiger charge is -2.34. The Labute approximate surface area is 200 Å². The number of aromatic nitrogens is 3. The minimum Gasteiger partial charge on any atom is -0.353 e. The standard InChI is InChI=1S/C26H32N6O2/c1-20(33)30-15-17-32(18-16-30)24-19-22(11-12-27-24)25-28-26(34-29-25)23-10-6-14-31(23)13-5-9-21-7-3-2-4-8-21/h2-4,7-8,11-12,19,23H,5-6,9-10,13-18H2,1H3/t23-/m0/s1. The Hall–Kier alpha value is -3.26. The quantitative estimate of drug-likeness (QED) is 0.533. The number of anilines is 1. The van der Waals surface area contributed by atoms with E-state index in [4.69, 9.17) is 9.51 Å². The van der Waals surface area contributed by atoms with Gasteiger partial charge in [0.05, 0.1) is 6.04 Å². The second-order valence-electron chi connectivity index (χ2n) is 9.14. The van der Waals surface area contributed by atoms with Gasteiger partial charge in [0.1, 0.15) is 5.82 Å². The second kappa shape index (κ2) is 10.3. The zero-order valence-corrected chi connectivity index (χ0v) is 19.8. The number of nitrogens with zero attached hydrogens (tertiary/aromatic N) is 6. The van der Waals surface area contributed by atoms with E-state index < -0.39 is 0 Å². The van der Waals surface area contributed by atoms with Crippen molar-refractivity contribution in [1.29, 1.82) is 0 Å². The van der Waals surface area contributed by atoms with Crippen molar-refractivity contribution in [3.63, 3.8) is 0 Å². The van der Waals surface area contributed by atoms with Crippen molar-refractivity contribution < 1.29 is 9.32 Å². The molecule has 8 nitrogen and oxygen atoms in total. The van der Waals surface area contributed by atoms with Crippen LogP contribution in [0.2, 0.25) is 0 Å². The highest BCUT2D eigenvalue weighted by molar-refractivity contribution is 5.73. The summed E-state index contributed by atoms with van der Waals surface area (Å²) < 4.78 is 5.74. The molecule has 0 unspecified atom stereocenters. The van der Waals surface area contributed by atoms with Gasteiger partial charge < -0.3 is 14.3 Å². The van der Waals surface area contributed by atoms with Crippen molar-refractivity contribution >= 4 is 11.7 Å². The van der Waals surface area contributed by atoms with Crippen LogP contribution in [0, 0.1) is 0 Å². The monoisotopic (exact) mass is 460 g/mol. The van der Waals surface area contributed by atoms with E-state index in [9.17, 15) is 4.79 Å². The van der Waals surface area contributed by atoms with E-state index in [1.54, 1.807) is 13.1 Å². The molecule has 34 heavy (non-hydrogen) atoms. The first-order chi connectivity index (χ1) is 16.7. The maximum Gasteiger partial charge on any atom is 0.244 e. The van der Waals surface area contributed by atoms with E-state index in [2.05, 4.69) is 50.3 Å². The molecule has 0 aliphatic carbocycles. The molecule has 2 saturated heterocycles. The minimum atomic E-state index is 0.127. The van der Waals surface area contributed by atoms with Gasteiger partial charge in [0.2, 0.25) is 17.6 Å².